The summed E-state index contributed by atoms with van der Waals surface area (Å²) in [6.45, 7) is 4.64. The molecule has 0 heterocycles. The van der Waals surface area contributed by atoms with Crippen LogP contribution in [0.2, 0.25) is 0 Å². The monoisotopic (exact) mass is 883 g/mol. The van der Waals surface area contributed by atoms with E-state index in [-0.39, 0.29) is 19.1 Å². The fourth-order valence-corrected chi connectivity index (χ4v) is 8.46. The van der Waals surface area contributed by atoms with Crippen LogP contribution in [0.3, 0.4) is 0 Å². The number of hydrogen-bond acceptors (Lipinski definition) is 6. The number of nitrogens with one attached hydrogen (secondary N) is 1. The molecule has 0 aliphatic heterocycles. The number of phosphoric acid groups is 1. The van der Waals surface area contributed by atoms with Gasteiger partial charge in [0.25, 0.3) is 7.82 Å². The van der Waals surface area contributed by atoms with Crippen molar-refractivity contribution in [2.75, 3.05) is 40.9 Å². The maximum Gasteiger partial charge on any atom is 0.268 e. The Kier molecular flexibility index (Phi) is 43.5. The van der Waals surface area contributed by atoms with E-state index in [1.54, 1.807) is 6.08 Å². The predicted molar refractivity (Wildman–Crippen MR) is 261 cm³/mol. The average molecular weight is 883 g/mol. The number of rotatable bonds is 48. The van der Waals surface area contributed by atoms with E-state index in [1.165, 1.54) is 193 Å². The average Bonchev–Trinajstić information content (AvgIpc) is 3.21. The summed E-state index contributed by atoms with van der Waals surface area (Å²) in [5.74, 6) is -0.196. The standard InChI is InChI=1S/C52H103N2O6P/c1-6-8-10-12-14-16-18-19-20-21-22-23-24-25-26-27-28-29-30-31-32-33-34-35-36-38-40-42-44-46-52(56)53-50(49-60-61(57,58)59-48-47-54(3,4)5)51(55)45-43-41-39-37-17-15-13-11-9-7-2/h21-22,43,45,50-51,55H,6-20,23-42,44,46-49H2,1-5H3,(H-,53,56,57,58)/b22-21-,45-43+. The molecule has 0 aliphatic rings. The van der Waals surface area contributed by atoms with Crippen LogP contribution in [0.15, 0.2) is 24.3 Å². The van der Waals surface area contributed by atoms with Gasteiger partial charge in [-0.15, -0.1) is 0 Å². The van der Waals surface area contributed by atoms with Crippen LogP contribution in [0.4, 0.5) is 0 Å². The second kappa shape index (κ2) is 44.2. The van der Waals surface area contributed by atoms with Gasteiger partial charge in [0.05, 0.1) is 39.9 Å². The summed E-state index contributed by atoms with van der Waals surface area (Å²) in [5, 5.41) is 13.8. The van der Waals surface area contributed by atoms with E-state index in [1.807, 2.05) is 27.2 Å². The Labute approximate surface area is 379 Å². The first-order valence-corrected chi connectivity index (χ1v) is 27.7. The summed E-state index contributed by atoms with van der Waals surface area (Å²) in [4.78, 5) is 25.3. The summed E-state index contributed by atoms with van der Waals surface area (Å²) < 4.78 is 23.2. The van der Waals surface area contributed by atoms with Gasteiger partial charge in [0.15, 0.2) is 0 Å². The summed E-state index contributed by atoms with van der Waals surface area (Å²) in [6.07, 6.45) is 54.0. The first-order valence-electron chi connectivity index (χ1n) is 26.2. The number of hydrogen-bond donors (Lipinski definition) is 2. The number of carbonyl (C=O) groups excluding carboxylic acids is 1. The van der Waals surface area contributed by atoms with E-state index in [0.717, 1.165) is 38.5 Å². The van der Waals surface area contributed by atoms with Crippen molar-refractivity contribution in [3.05, 3.63) is 24.3 Å². The zero-order chi connectivity index (χ0) is 45.0. The molecular formula is C52H103N2O6P. The van der Waals surface area contributed by atoms with Gasteiger partial charge in [0.1, 0.15) is 13.2 Å². The Bertz CT molecular complexity index is 1050. The number of aliphatic hydroxyl groups is 1. The van der Waals surface area contributed by atoms with Crippen LogP contribution < -0.4 is 10.2 Å². The van der Waals surface area contributed by atoms with E-state index >= 15 is 0 Å². The summed E-state index contributed by atoms with van der Waals surface area (Å²) >= 11 is 0. The van der Waals surface area contributed by atoms with Gasteiger partial charge < -0.3 is 28.8 Å². The quantitative estimate of drug-likeness (QED) is 0.0273. The number of likely N-dealkylation sites (N-methyl/N-ethyl adjacent to an activating group) is 1. The zero-order valence-corrected chi connectivity index (χ0v) is 42.0. The van der Waals surface area contributed by atoms with Crippen LogP contribution in [0.1, 0.15) is 251 Å². The van der Waals surface area contributed by atoms with Gasteiger partial charge in [-0.3, -0.25) is 9.36 Å². The van der Waals surface area contributed by atoms with E-state index in [4.69, 9.17) is 9.05 Å². The lowest BCUT2D eigenvalue weighted by atomic mass is 10.0. The van der Waals surface area contributed by atoms with Crippen LogP contribution in [0, 0.1) is 0 Å². The lowest BCUT2D eigenvalue weighted by molar-refractivity contribution is -0.870. The Morgan fingerprint density at radius 3 is 1.28 bits per heavy atom. The fourth-order valence-electron chi connectivity index (χ4n) is 7.74. The lowest BCUT2D eigenvalue weighted by Gasteiger charge is -2.29. The highest BCUT2D eigenvalue weighted by atomic mass is 31.2. The lowest BCUT2D eigenvalue weighted by Crippen LogP contribution is -2.45. The first kappa shape index (κ1) is 60.0. The highest BCUT2D eigenvalue weighted by Gasteiger charge is 2.23. The molecule has 2 N–H and O–H groups in total. The Hall–Kier alpha value is -1.02. The Balaban J connectivity index is 4.02. The second-order valence-corrected chi connectivity index (χ2v) is 20.6. The summed E-state index contributed by atoms with van der Waals surface area (Å²) in [6, 6.07) is -0.881. The smallest absolute Gasteiger partial charge is 0.268 e. The third-order valence-corrected chi connectivity index (χ3v) is 12.9. The van der Waals surface area contributed by atoms with Crippen molar-refractivity contribution in [2.24, 2.45) is 0 Å². The minimum atomic E-state index is -4.58. The summed E-state index contributed by atoms with van der Waals surface area (Å²) in [7, 11) is 1.27. The van der Waals surface area contributed by atoms with Gasteiger partial charge in [-0.05, 0) is 44.9 Å². The van der Waals surface area contributed by atoms with Crippen molar-refractivity contribution in [1.82, 2.24) is 5.32 Å². The van der Waals surface area contributed by atoms with Gasteiger partial charge >= 0.3 is 0 Å². The van der Waals surface area contributed by atoms with Gasteiger partial charge in [0.2, 0.25) is 5.91 Å². The molecule has 0 saturated carbocycles. The number of unbranched alkanes of at least 4 members (excludes halogenated alkanes) is 33. The minimum Gasteiger partial charge on any atom is -0.756 e. The number of allylic oxidation sites excluding steroid dienone is 3. The fraction of sp³-hybridized carbons (Fsp3) is 0.904. The van der Waals surface area contributed by atoms with Gasteiger partial charge in [0, 0.05) is 6.42 Å². The highest BCUT2D eigenvalue weighted by molar-refractivity contribution is 7.45. The van der Waals surface area contributed by atoms with E-state index in [9.17, 15) is 19.4 Å². The molecule has 3 atom stereocenters. The third-order valence-electron chi connectivity index (χ3n) is 11.9. The molecule has 0 radical (unpaired) electrons. The molecule has 0 fully saturated rings. The van der Waals surface area contributed by atoms with Gasteiger partial charge in [-0.1, -0.05) is 224 Å². The predicted octanol–water partition coefficient (Wildman–Crippen LogP) is 14.6. The number of aliphatic hydroxyl groups excluding tert-OH is 1. The van der Waals surface area contributed by atoms with Crippen molar-refractivity contribution in [3.63, 3.8) is 0 Å². The van der Waals surface area contributed by atoms with Gasteiger partial charge in [-0.25, -0.2) is 0 Å². The first-order chi connectivity index (χ1) is 29.5. The molecule has 8 nitrogen and oxygen atoms in total. The molecule has 0 saturated heterocycles. The topological polar surface area (TPSA) is 108 Å². The van der Waals surface area contributed by atoms with Crippen LogP contribution in [0.5, 0.6) is 0 Å². The van der Waals surface area contributed by atoms with Crippen molar-refractivity contribution in [3.8, 4) is 0 Å². The van der Waals surface area contributed by atoms with Crippen LogP contribution in [-0.2, 0) is 18.4 Å². The van der Waals surface area contributed by atoms with Gasteiger partial charge in [-0.2, -0.15) is 0 Å². The normalized spacial score (nSPS) is 14.3. The molecule has 0 aromatic carbocycles. The molecule has 0 aromatic heterocycles. The Morgan fingerprint density at radius 2 is 0.902 bits per heavy atom. The molecular weight excluding hydrogens is 780 g/mol. The zero-order valence-electron chi connectivity index (χ0n) is 41.1. The van der Waals surface area contributed by atoms with Crippen molar-refractivity contribution in [2.45, 2.75) is 264 Å². The highest BCUT2D eigenvalue weighted by Crippen LogP contribution is 2.38. The number of nitrogens with zero attached hydrogens (tertiary/aromatic N) is 1. The number of phosphoric ester groups is 1. The largest absolute Gasteiger partial charge is 0.756 e. The molecule has 1 amide bonds. The molecule has 9 heteroatoms. The molecule has 0 bridgehead atoms. The maximum atomic E-state index is 12.9. The van der Waals surface area contributed by atoms with Crippen molar-refractivity contribution in [1.29, 1.82) is 0 Å². The molecule has 0 rings (SSSR count). The van der Waals surface area contributed by atoms with Crippen molar-refractivity contribution < 1.29 is 32.9 Å². The summed E-state index contributed by atoms with van der Waals surface area (Å²) in [5.41, 5.74) is 0. The van der Waals surface area contributed by atoms with E-state index in [0.29, 0.717) is 17.4 Å². The minimum absolute atomic E-state index is 0.000784. The number of amides is 1. The maximum absolute atomic E-state index is 12.9. The molecule has 0 aliphatic carbocycles. The SMILES string of the molecule is CCCCCCCCCC/C=C\CCCCCCCCCCCCCCCCCCCC(=O)NC(COP(=O)([O-])OCC[N+](C)(C)C)C(O)/C=C/CCCCCCCCCC. The molecule has 362 valence electrons. The molecule has 0 aromatic rings. The van der Waals surface area contributed by atoms with Crippen LogP contribution in [0.25, 0.3) is 0 Å². The molecule has 61 heavy (non-hydrogen) atoms. The number of quaternary nitrogens is 1. The van der Waals surface area contributed by atoms with E-state index < -0.39 is 20.0 Å². The Morgan fingerprint density at radius 1 is 0.557 bits per heavy atom. The molecule has 0 spiro atoms. The molecule has 3 unspecified atom stereocenters. The van der Waals surface area contributed by atoms with Crippen molar-refractivity contribution >= 4 is 13.7 Å². The second-order valence-electron chi connectivity index (χ2n) is 19.2. The van der Waals surface area contributed by atoms with E-state index in [2.05, 4.69) is 31.3 Å². The van der Waals surface area contributed by atoms with Crippen LogP contribution in [-0.4, -0.2) is 68.5 Å². The third kappa shape index (κ3) is 46.8. The van der Waals surface area contributed by atoms with Crippen LogP contribution >= 0.6 is 7.82 Å². The number of carbonyl (C=O) groups is 1.